The number of nitrogens with zero attached hydrogens (tertiary/aromatic N) is 3. The van der Waals surface area contributed by atoms with Crippen LogP contribution in [0.4, 0.5) is 16.2 Å². The number of imide groups is 2. The van der Waals surface area contributed by atoms with Crippen molar-refractivity contribution in [1.29, 1.82) is 0 Å². The number of hydrogen-bond acceptors (Lipinski definition) is 7. The molecule has 1 unspecified atom stereocenters. The molecular weight excluding hydrogens is 476 g/mol. The zero-order valence-electron chi connectivity index (χ0n) is 21.0. The largest absolute Gasteiger partial charge is 0.378 e. The number of rotatable bonds is 5. The third kappa shape index (κ3) is 4.11. The molecule has 4 bridgehead atoms. The molecule has 6 fully saturated rings. The van der Waals surface area contributed by atoms with Crippen LogP contribution < -0.4 is 10.2 Å². The lowest BCUT2D eigenvalue weighted by Gasteiger charge is -2.60. The number of barbiturate groups is 1. The second-order valence-electron chi connectivity index (χ2n) is 11.6. The van der Waals surface area contributed by atoms with Gasteiger partial charge in [0.1, 0.15) is 11.3 Å². The Kier molecular flexibility index (Phi) is 5.82. The number of benzene rings is 1. The maximum atomic E-state index is 13.6. The third-order valence-electron chi connectivity index (χ3n) is 9.35. The molecule has 2 aliphatic heterocycles. The van der Waals surface area contributed by atoms with Gasteiger partial charge in [-0.1, -0.05) is 6.07 Å². The van der Waals surface area contributed by atoms with E-state index in [9.17, 15) is 24.5 Å². The summed E-state index contributed by atoms with van der Waals surface area (Å²) in [5.74, 6) is 0.553. The van der Waals surface area contributed by atoms with Gasteiger partial charge in [-0.25, -0.2) is 4.79 Å². The van der Waals surface area contributed by atoms with Crippen LogP contribution in [0, 0.1) is 33.3 Å². The molecule has 4 amide bonds. The molecule has 0 aromatic heterocycles. The van der Waals surface area contributed by atoms with E-state index in [1.165, 1.54) is 36.3 Å². The van der Waals surface area contributed by atoms with E-state index in [1.807, 2.05) is 11.8 Å². The molecule has 2 heterocycles. The lowest BCUT2D eigenvalue weighted by molar-refractivity contribution is -0.384. The Hall–Kier alpha value is -3.27. The first kappa shape index (κ1) is 24.1. The highest BCUT2D eigenvalue weighted by molar-refractivity contribution is 6.31. The van der Waals surface area contributed by atoms with Crippen molar-refractivity contribution in [2.75, 3.05) is 31.2 Å². The van der Waals surface area contributed by atoms with Gasteiger partial charge in [0.05, 0.1) is 18.1 Å². The smallest absolute Gasteiger partial charge is 0.331 e. The maximum absolute atomic E-state index is 13.6. The molecule has 10 nitrogen and oxygen atoms in total. The molecule has 1 N–H and O–H groups in total. The molecule has 2 saturated heterocycles. The van der Waals surface area contributed by atoms with E-state index in [2.05, 4.69) is 5.32 Å². The molecule has 4 saturated carbocycles. The molecule has 0 spiro atoms. The van der Waals surface area contributed by atoms with Gasteiger partial charge in [0.25, 0.3) is 17.5 Å². The summed E-state index contributed by atoms with van der Waals surface area (Å²) < 4.78 is 5.35. The lowest BCUT2D eigenvalue weighted by Crippen LogP contribution is -2.63. The van der Waals surface area contributed by atoms with Gasteiger partial charge in [0, 0.05) is 25.2 Å². The van der Waals surface area contributed by atoms with Crippen LogP contribution in [0.2, 0.25) is 0 Å². The number of carbonyl (C=O) groups excluding carboxylic acids is 3. The van der Waals surface area contributed by atoms with Crippen LogP contribution in [0.5, 0.6) is 0 Å². The van der Waals surface area contributed by atoms with Crippen LogP contribution >= 0.6 is 0 Å². The number of nitrogens with one attached hydrogen (secondary N) is 1. The number of ether oxygens (including phenoxy) is 1. The maximum Gasteiger partial charge on any atom is 0.331 e. The molecule has 1 atom stereocenters. The van der Waals surface area contributed by atoms with Crippen LogP contribution in [0.3, 0.4) is 0 Å². The minimum atomic E-state index is -0.774. The molecule has 37 heavy (non-hydrogen) atoms. The van der Waals surface area contributed by atoms with Gasteiger partial charge in [-0.05, 0) is 86.3 Å². The van der Waals surface area contributed by atoms with E-state index >= 15 is 0 Å². The van der Waals surface area contributed by atoms with Crippen molar-refractivity contribution in [2.45, 2.75) is 51.5 Å². The third-order valence-corrected chi connectivity index (χ3v) is 9.35. The average Bonchev–Trinajstić information content (AvgIpc) is 2.86. The summed E-state index contributed by atoms with van der Waals surface area (Å²) >= 11 is 0. The lowest BCUT2D eigenvalue weighted by atomic mass is 9.47. The molecule has 1 aromatic carbocycles. The van der Waals surface area contributed by atoms with Gasteiger partial charge < -0.3 is 9.64 Å². The number of carbonyl (C=O) groups is 3. The monoisotopic (exact) mass is 508 g/mol. The normalized spacial score (nSPS) is 33.2. The van der Waals surface area contributed by atoms with Crippen LogP contribution in [-0.4, -0.2) is 60.0 Å². The first-order valence-electron chi connectivity index (χ1n) is 13.3. The molecule has 6 aliphatic rings. The summed E-state index contributed by atoms with van der Waals surface area (Å²) in [5.41, 5.74) is 0.451. The first-order chi connectivity index (χ1) is 17.7. The minimum absolute atomic E-state index is 0.102. The highest BCUT2D eigenvalue weighted by Crippen LogP contribution is 2.62. The number of nitro groups is 1. The zero-order chi connectivity index (χ0) is 25.9. The average molecular weight is 509 g/mol. The topological polar surface area (TPSA) is 122 Å². The van der Waals surface area contributed by atoms with Gasteiger partial charge in [0.15, 0.2) is 0 Å². The Balaban J connectivity index is 1.30. The number of hydrogen-bond donors (Lipinski definition) is 1. The van der Waals surface area contributed by atoms with E-state index in [1.54, 1.807) is 12.1 Å². The van der Waals surface area contributed by atoms with Crippen LogP contribution in [-0.2, 0) is 14.3 Å². The Labute approximate surface area is 215 Å². The molecule has 4 aliphatic carbocycles. The Morgan fingerprint density at radius 2 is 1.70 bits per heavy atom. The van der Waals surface area contributed by atoms with Crippen molar-refractivity contribution in [1.82, 2.24) is 10.2 Å². The Morgan fingerprint density at radius 1 is 1.08 bits per heavy atom. The van der Waals surface area contributed by atoms with Gasteiger partial charge in [0.2, 0.25) is 0 Å². The highest BCUT2D eigenvalue weighted by atomic mass is 16.6. The van der Waals surface area contributed by atoms with Crippen molar-refractivity contribution in [2.24, 2.45) is 23.2 Å². The fourth-order valence-electron chi connectivity index (χ4n) is 8.00. The van der Waals surface area contributed by atoms with Crippen LogP contribution in [0.25, 0.3) is 6.08 Å². The summed E-state index contributed by atoms with van der Waals surface area (Å²) in [5, 5.41) is 14.2. The number of amides is 4. The highest BCUT2D eigenvalue weighted by Gasteiger charge is 2.56. The van der Waals surface area contributed by atoms with E-state index < -0.39 is 22.8 Å². The van der Waals surface area contributed by atoms with Gasteiger partial charge >= 0.3 is 6.03 Å². The van der Waals surface area contributed by atoms with Gasteiger partial charge in [-0.15, -0.1) is 0 Å². The zero-order valence-corrected chi connectivity index (χ0v) is 21.0. The molecule has 7 rings (SSSR count). The number of anilines is 1. The summed E-state index contributed by atoms with van der Waals surface area (Å²) in [6, 6.07) is 3.67. The fourth-order valence-corrected chi connectivity index (χ4v) is 8.00. The standard InChI is InChI=1S/C27H32N4O6/c1-16(27-13-18-8-19(14-27)10-20(9-18)15-27)30-25(33)21(24(32)28-26(30)34)11-17-2-3-22(23(12-17)31(35)36)29-4-6-37-7-5-29/h2-3,11-12,16,18-20H,4-10,13-15H2,1H3,(H,28,32,34)/b21-11+. The van der Waals surface area contributed by atoms with E-state index in [0.717, 1.165) is 19.3 Å². The van der Waals surface area contributed by atoms with Crippen molar-refractivity contribution in [3.8, 4) is 0 Å². The predicted molar refractivity (Wildman–Crippen MR) is 135 cm³/mol. The Bertz CT molecular complexity index is 1170. The summed E-state index contributed by atoms with van der Waals surface area (Å²) in [4.78, 5) is 53.9. The number of nitro benzene ring substituents is 1. The van der Waals surface area contributed by atoms with Crippen molar-refractivity contribution < 1.29 is 24.0 Å². The quantitative estimate of drug-likeness (QED) is 0.280. The molecule has 0 radical (unpaired) electrons. The van der Waals surface area contributed by atoms with Crippen LogP contribution in [0.15, 0.2) is 23.8 Å². The first-order valence-corrected chi connectivity index (χ1v) is 13.3. The van der Waals surface area contributed by atoms with Gasteiger partial charge in [-0.3, -0.25) is 29.9 Å². The number of urea groups is 1. The number of morpholine rings is 1. The van der Waals surface area contributed by atoms with E-state index in [4.69, 9.17) is 4.74 Å². The molecular formula is C27H32N4O6. The second-order valence-corrected chi connectivity index (χ2v) is 11.6. The second kappa shape index (κ2) is 8.93. The van der Waals surface area contributed by atoms with E-state index in [-0.39, 0.29) is 22.7 Å². The Morgan fingerprint density at radius 3 is 2.30 bits per heavy atom. The van der Waals surface area contributed by atoms with Crippen molar-refractivity contribution in [3.63, 3.8) is 0 Å². The molecule has 10 heteroatoms. The summed E-state index contributed by atoms with van der Waals surface area (Å²) in [6.07, 6.45) is 8.14. The molecule has 196 valence electrons. The van der Waals surface area contributed by atoms with Gasteiger partial charge in [-0.2, -0.15) is 0 Å². The van der Waals surface area contributed by atoms with E-state index in [0.29, 0.717) is 55.3 Å². The summed E-state index contributed by atoms with van der Waals surface area (Å²) in [6.45, 7) is 4.01. The van der Waals surface area contributed by atoms with Crippen molar-refractivity contribution in [3.05, 3.63) is 39.4 Å². The SMILES string of the molecule is CC(N1C(=O)NC(=O)/C(=C\c2ccc(N3CCOCC3)c([N+](=O)[O-])c2)C1=O)C12CC3CC(CC(C3)C1)C2. The predicted octanol–water partition coefficient (Wildman–Crippen LogP) is 3.50. The molecule has 1 aromatic rings. The van der Waals surface area contributed by atoms with Crippen molar-refractivity contribution >= 4 is 35.3 Å². The minimum Gasteiger partial charge on any atom is -0.378 e. The fraction of sp³-hybridized carbons (Fsp3) is 0.593. The summed E-state index contributed by atoms with van der Waals surface area (Å²) in [7, 11) is 0. The van der Waals surface area contributed by atoms with Crippen LogP contribution in [0.1, 0.15) is 51.0 Å².